The molecule has 8 nitrogen and oxygen atoms in total. The van der Waals surface area contributed by atoms with E-state index < -0.39 is 10.2 Å². The number of benzene rings is 1. The number of imidazole rings is 1. The van der Waals surface area contributed by atoms with E-state index in [0.29, 0.717) is 31.1 Å². The Morgan fingerprint density at radius 2 is 1.94 bits per heavy atom. The Bertz CT molecular complexity index is 1040. The van der Waals surface area contributed by atoms with Crippen molar-refractivity contribution in [2.75, 3.05) is 37.7 Å². The molecule has 2 fully saturated rings. The minimum absolute atomic E-state index is 0.0964. The Labute approximate surface area is 185 Å². The summed E-state index contributed by atoms with van der Waals surface area (Å²) in [5, 5.41) is 0. The predicted octanol–water partition coefficient (Wildman–Crippen LogP) is 2.47. The standard InChI is InChI=1S/C22H35N5O3S/c1-22(2,3)21-24-19-13-18(25(4)31(28,29)26-10-7-17(23)15-26)5-6-20(19)27(21)14-16-8-11-30-12-9-16/h5-6,13,16-17H,7-12,14-15,23H2,1-4H3. The Morgan fingerprint density at radius 3 is 2.55 bits per heavy atom. The Hall–Kier alpha value is -1.68. The van der Waals surface area contributed by atoms with Crippen LogP contribution in [0.5, 0.6) is 0 Å². The number of ether oxygens (including phenoxy) is 1. The molecule has 0 amide bonds. The fraction of sp³-hybridized carbons (Fsp3) is 0.682. The molecule has 2 aliphatic rings. The van der Waals surface area contributed by atoms with Gasteiger partial charge in [-0.25, -0.2) is 4.98 Å². The highest BCUT2D eigenvalue weighted by atomic mass is 32.2. The molecule has 9 heteroatoms. The van der Waals surface area contributed by atoms with Crippen molar-refractivity contribution in [1.29, 1.82) is 0 Å². The summed E-state index contributed by atoms with van der Waals surface area (Å²) in [6.45, 7) is 9.87. The van der Waals surface area contributed by atoms with Crippen LogP contribution in [0, 0.1) is 5.92 Å². The highest BCUT2D eigenvalue weighted by Gasteiger charge is 2.33. The summed E-state index contributed by atoms with van der Waals surface area (Å²) in [7, 11) is -2.01. The van der Waals surface area contributed by atoms with Crippen LogP contribution in [0.4, 0.5) is 5.69 Å². The summed E-state index contributed by atoms with van der Waals surface area (Å²) in [6, 6.07) is 5.68. The first-order valence-corrected chi connectivity index (χ1v) is 12.5. The lowest BCUT2D eigenvalue weighted by molar-refractivity contribution is 0.0611. The monoisotopic (exact) mass is 449 g/mol. The van der Waals surface area contributed by atoms with Gasteiger partial charge in [-0.05, 0) is 43.4 Å². The molecule has 1 unspecified atom stereocenters. The molecule has 4 rings (SSSR count). The molecule has 172 valence electrons. The third-order valence-electron chi connectivity index (χ3n) is 6.41. The number of nitrogens with zero attached hydrogens (tertiary/aromatic N) is 4. The van der Waals surface area contributed by atoms with Gasteiger partial charge in [0.25, 0.3) is 0 Å². The maximum absolute atomic E-state index is 13.1. The molecule has 0 aliphatic carbocycles. The van der Waals surface area contributed by atoms with E-state index in [1.165, 1.54) is 8.61 Å². The van der Waals surface area contributed by atoms with E-state index in [2.05, 4.69) is 25.3 Å². The summed E-state index contributed by atoms with van der Waals surface area (Å²) < 4.78 is 36.8. The molecule has 2 saturated heterocycles. The van der Waals surface area contributed by atoms with Gasteiger partial charge in [-0.15, -0.1) is 0 Å². The van der Waals surface area contributed by atoms with Crippen LogP contribution in [0.15, 0.2) is 18.2 Å². The summed E-state index contributed by atoms with van der Waals surface area (Å²) >= 11 is 0. The first-order chi connectivity index (χ1) is 14.6. The Kier molecular flexibility index (Phi) is 6.06. The van der Waals surface area contributed by atoms with Crippen molar-refractivity contribution >= 4 is 26.9 Å². The molecule has 1 aromatic heterocycles. The lowest BCUT2D eigenvalue weighted by atomic mass is 9.94. The molecule has 1 atom stereocenters. The van der Waals surface area contributed by atoms with Crippen molar-refractivity contribution < 1.29 is 13.2 Å². The van der Waals surface area contributed by atoms with Gasteiger partial charge in [0.05, 0.1) is 16.7 Å². The van der Waals surface area contributed by atoms with Gasteiger partial charge in [0.1, 0.15) is 5.82 Å². The highest BCUT2D eigenvalue weighted by Crippen LogP contribution is 2.32. The minimum Gasteiger partial charge on any atom is -0.381 e. The van der Waals surface area contributed by atoms with Crippen LogP contribution in [0.25, 0.3) is 11.0 Å². The molecule has 2 aliphatic heterocycles. The van der Waals surface area contributed by atoms with E-state index >= 15 is 0 Å². The van der Waals surface area contributed by atoms with Crippen LogP contribution < -0.4 is 10.0 Å². The van der Waals surface area contributed by atoms with E-state index in [1.807, 2.05) is 18.2 Å². The maximum atomic E-state index is 13.1. The number of fused-ring (bicyclic) bond motifs is 1. The zero-order chi connectivity index (χ0) is 22.4. The maximum Gasteiger partial charge on any atom is 0.303 e. The highest BCUT2D eigenvalue weighted by molar-refractivity contribution is 7.90. The molecular weight excluding hydrogens is 414 g/mol. The molecule has 31 heavy (non-hydrogen) atoms. The number of nitrogens with two attached hydrogens (primary N) is 1. The fourth-order valence-electron chi connectivity index (χ4n) is 4.53. The predicted molar refractivity (Wildman–Crippen MR) is 123 cm³/mol. The number of anilines is 1. The van der Waals surface area contributed by atoms with Gasteiger partial charge >= 0.3 is 10.2 Å². The second kappa shape index (κ2) is 8.35. The number of hydrogen-bond donors (Lipinski definition) is 1. The molecule has 1 aromatic carbocycles. The third-order valence-corrected chi connectivity index (χ3v) is 8.29. The van der Waals surface area contributed by atoms with Crippen LogP contribution in [-0.2, 0) is 26.9 Å². The van der Waals surface area contributed by atoms with Crippen LogP contribution in [0.1, 0.15) is 45.9 Å². The van der Waals surface area contributed by atoms with Crippen molar-refractivity contribution in [2.24, 2.45) is 11.7 Å². The molecule has 0 radical (unpaired) electrons. The van der Waals surface area contributed by atoms with Crippen LogP contribution in [0.3, 0.4) is 0 Å². The molecule has 0 saturated carbocycles. The van der Waals surface area contributed by atoms with Crippen LogP contribution >= 0.6 is 0 Å². The smallest absolute Gasteiger partial charge is 0.303 e. The first kappa shape index (κ1) is 22.5. The van der Waals surface area contributed by atoms with Gasteiger partial charge in [0.2, 0.25) is 0 Å². The van der Waals surface area contributed by atoms with Crippen LogP contribution in [-0.4, -0.2) is 61.7 Å². The van der Waals surface area contributed by atoms with E-state index in [9.17, 15) is 8.42 Å². The summed E-state index contributed by atoms with van der Waals surface area (Å²) in [6.07, 6.45) is 2.80. The van der Waals surface area contributed by atoms with Crippen molar-refractivity contribution in [3.63, 3.8) is 0 Å². The summed E-state index contributed by atoms with van der Waals surface area (Å²) in [5.41, 5.74) is 8.30. The van der Waals surface area contributed by atoms with E-state index in [1.54, 1.807) is 7.05 Å². The number of hydrogen-bond acceptors (Lipinski definition) is 5. The molecule has 3 heterocycles. The lowest BCUT2D eigenvalue weighted by Crippen LogP contribution is -2.41. The zero-order valence-electron chi connectivity index (χ0n) is 19.0. The van der Waals surface area contributed by atoms with Gasteiger partial charge < -0.3 is 15.0 Å². The van der Waals surface area contributed by atoms with E-state index in [-0.39, 0.29) is 11.5 Å². The molecular formula is C22H35N5O3S. The number of rotatable bonds is 5. The van der Waals surface area contributed by atoms with Crippen LogP contribution in [0.2, 0.25) is 0 Å². The first-order valence-electron chi connectivity index (χ1n) is 11.2. The fourth-order valence-corrected chi connectivity index (χ4v) is 5.97. The lowest BCUT2D eigenvalue weighted by Gasteiger charge is -2.26. The van der Waals surface area contributed by atoms with Gasteiger partial charge in [0, 0.05) is 51.4 Å². The SMILES string of the molecule is CN(c1ccc2c(c1)nc(C(C)(C)C)n2CC1CCOCC1)S(=O)(=O)N1CCC(N)C1. The van der Waals surface area contributed by atoms with Gasteiger partial charge in [-0.2, -0.15) is 12.7 Å². The summed E-state index contributed by atoms with van der Waals surface area (Å²) in [5.74, 6) is 1.59. The average molecular weight is 450 g/mol. The normalized spacial score (nSPS) is 21.8. The second-order valence-corrected chi connectivity index (χ2v) is 11.9. The topological polar surface area (TPSA) is 93.7 Å². The Balaban J connectivity index is 1.69. The Morgan fingerprint density at radius 1 is 1.23 bits per heavy atom. The van der Waals surface area contributed by atoms with E-state index in [4.69, 9.17) is 15.5 Å². The number of aromatic nitrogens is 2. The van der Waals surface area contributed by atoms with Crippen molar-refractivity contribution in [2.45, 2.75) is 58.0 Å². The van der Waals surface area contributed by atoms with Crippen molar-refractivity contribution in [3.8, 4) is 0 Å². The average Bonchev–Trinajstić information content (AvgIpc) is 3.32. The van der Waals surface area contributed by atoms with Crippen molar-refractivity contribution in [1.82, 2.24) is 13.9 Å². The largest absolute Gasteiger partial charge is 0.381 e. The molecule has 0 spiro atoms. The zero-order valence-corrected chi connectivity index (χ0v) is 19.9. The van der Waals surface area contributed by atoms with Gasteiger partial charge in [0.15, 0.2) is 0 Å². The molecule has 2 aromatic rings. The third kappa shape index (κ3) is 4.46. The van der Waals surface area contributed by atoms with Crippen molar-refractivity contribution in [3.05, 3.63) is 24.0 Å². The second-order valence-electron chi connectivity index (χ2n) is 9.91. The quantitative estimate of drug-likeness (QED) is 0.757. The minimum atomic E-state index is -3.61. The molecule has 0 bridgehead atoms. The molecule has 2 N–H and O–H groups in total. The summed E-state index contributed by atoms with van der Waals surface area (Å²) in [4.78, 5) is 4.96. The van der Waals surface area contributed by atoms with E-state index in [0.717, 1.165) is 49.5 Å². The van der Waals surface area contributed by atoms with Gasteiger partial charge in [-0.3, -0.25) is 4.31 Å². The van der Waals surface area contributed by atoms with Gasteiger partial charge in [-0.1, -0.05) is 20.8 Å².